The predicted octanol–water partition coefficient (Wildman–Crippen LogP) is 6.65. The molecule has 2 atom stereocenters. The second-order valence-corrected chi connectivity index (χ2v) is 7.41. The third kappa shape index (κ3) is 15.9. The van der Waals surface area contributed by atoms with Crippen molar-refractivity contribution in [2.45, 2.75) is 96.4 Å². The summed E-state index contributed by atoms with van der Waals surface area (Å²) < 4.78 is 11.3. The summed E-state index contributed by atoms with van der Waals surface area (Å²) in [5.41, 5.74) is 0. The van der Waals surface area contributed by atoms with Gasteiger partial charge in [-0.05, 0) is 64.2 Å². The van der Waals surface area contributed by atoms with Gasteiger partial charge in [0.1, 0.15) is 0 Å². The minimum atomic E-state index is -0.220. The fourth-order valence-corrected chi connectivity index (χ4v) is 3.07. The van der Waals surface area contributed by atoms with Crippen molar-refractivity contribution in [2.75, 3.05) is 13.2 Å². The number of aliphatic hydroxyl groups excluding tert-OH is 1. The molecule has 0 amide bonds. The Morgan fingerprint density at radius 1 is 0.893 bits per heavy atom. The van der Waals surface area contributed by atoms with E-state index >= 15 is 0 Å². The molecule has 1 aliphatic heterocycles. The summed E-state index contributed by atoms with van der Waals surface area (Å²) in [6.45, 7) is 3.77. The van der Waals surface area contributed by atoms with E-state index in [1.165, 1.54) is 6.42 Å². The van der Waals surface area contributed by atoms with Crippen LogP contribution in [0.25, 0.3) is 0 Å². The smallest absolute Gasteiger partial charge is 0.157 e. The SMILES string of the molecule is CC/C=C\C/C=C\C/C=C\C/C=C\CC(O)CCCCCOC1CCCCO1. The van der Waals surface area contributed by atoms with E-state index in [-0.39, 0.29) is 12.4 Å². The van der Waals surface area contributed by atoms with E-state index in [0.29, 0.717) is 0 Å². The lowest BCUT2D eigenvalue weighted by Crippen LogP contribution is -2.22. The molecule has 1 heterocycles. The molecule has 1 rings (SSSR count). The summed E-state index contributed by atoms with van der Waals surface area (Å²) in [6, 6.07) is 0. The highest BCUT2D eigenvalue weighted by molar-refractivity contribution is 4.99. The Bertz CT molecular complexity index is 445. The highest BCUT2D eigenvalue weighted by atomic mass is 16.7. The van der Waals surface area contributed by atoms with Crippen LogP contribution in [0.15, 0.2) is 48.6 Å². The van der Waals surface area contributed by atoms with Crippen molar-refractivity contribution in [3.05, 3.63) is 48.6 Å². The quantitative estimate of drug-likeness (QED) is 0.237. The first-order valence-electron chi connectivity index (χ1n) is 11.3. The van der Waals surface area contributed by atoms with Crippen molar-refractivity contribution < 1.29 is 14.6 Å². The monoisotopic (exact) mass is 390 g/mol. The number of hydrogen-bond acceptors (Lipinski definition) is 3. The van der Waals surface area contributed by atoms with E-state index in [1.54, 1.807) is 0 Å². The van der Waals surface area contributed by atoms with E-state index in [2.05, 4.69) is 55.5 Å². The lowest BCUT2D eigenvalue weighted by atomic mass is 10.1. The number of aliphatic hydroxyl groups is 1. The van der Waals surface area contributed by atoms with Gasteiger partial charge in [0.25, 0.3) is 0 Å². The van der Waals surface area contributed by atoms with Crippen molar-refractivity contribution in [1.29, 1.82) is 0 Å². The molecule has 0 radical (unpaired) electrons. The molecule has 0 spiro atoms. The zero-order valence-electron chi connectivity index (χ0n) is 17.9. The van der Waals surface area contributed by atoms with E-state index in [9.17, 15) is 5.11 Å². The Balaban J connectivity index is 1.88. The number of rotatable bonds is 16. The highest BCUT2D eigenvalue weighted by Crippen LogP contribution is 2.14. The molecule has 3 heteroatoms. The van der Waals surface area contributed by atoms with Crippen LogP contribution in [0.4, 0.5) is 0 Å². The van der Waals surface area contributed by atoms with Crippen LogP contribution in [0.3, 0.4) is 0 Å². The molecule has 3 nitrogen and oxygen atoms in total. The fraction of sp³-hybridized carbons (Fsp3) is 0.680. The highest BCUT2D eigenvalue weighted by Gasteiger charge is 2.13. The maximum Gasteiger partial charge on any atom is 0.157 e. The van der Waals surface area contributed by atoms with Gasteiger partial charge >= 0.3 is 0 Å². The van der Waals surface area contributed by atoms with Gasteiger partial charge in [-0.15, -0.1) is 0 Å². The van der Waals surface area contributed by atoms with Crippen LogP contribution in [0.5, 0.6) is 0 Å². The molecule has 0 aromatic heterocycles. The van der Waals surface area contributed by atoms with Gasteiger partial charge in [-0.25, -0.2) is 0 Å². The van der Waals surface area contributed by atoms with Gasteiger partial charge in [0.05, 0.1) is 6.10 Å². The Morgan fingerprint density at radius 2 is 1.57 bits per heavy atom. The van der Waals surface area contributed by atoms with E-state index in [1.807, 2.05) is 0 Å². The Labute approximate surface area is 173 Å². The maximum absolute atomic E-state index is 10.0. The standard InChI is InChI=1S/C25H42O3/c1-2-3-4-5-6-7-8-9-10-11-12-14-19-24(26)20-15-13-17-22-27-25-21-16-18-23-28-25/h3-4,6-7,9-10,12,14,24-26H,2,5,8,11,13,15-23H2,1H3/b4-3-,7-6-,10-9-,14-12-. The summed E-state index contributed by atoms with van der Waals surface area (Å²) in [6.07, 6.45) is 29.6. The molecule has 0 saturated carbocycles. The van der Waals surface area contributed by atoms with Crippen molar-refractivity contribution in [3.63, 3.8) is 0 Å². The molecule has 0 aromatic rings. The lowest BCUT2D eigenvalue weighted by molar-refractivity contribution is -0.162. The Kier molecular flexibility index (Phi) is 17.0. The second-order valence-electron chi connectivity index (χ2n) is 7.41. The van der Waals surface area contributed by atoms with Crippen LogP contribution in [-0.2, 0) is 9.47 Å². The molecule has 1 saturated heterocycles. The summed E-state index contributed by atoms with van der Waals surface area (Å²) in [4.78, 5) is 0. The summed E-state index contributed by atoms with van der Waals surface area (Å²) in [5.74, 6) is 0. The first-order valence-corrected chi connectivity index (χ1v) is 11.3. The third-order valence-electron chi connectivity index (χ3n) is 4.75. The summed E-state index contributed by atoms with van der Waals surface area (Å²) in [5, 5.41) is 10.0. The molecular weight excluding hydrogens is 348 g/mol. The normalized spacial score (nSPS) is 19.6. The van der Waals surface area contributed by atoms with E-state index in [4.69, 9.17) is 9.47 Å². The fourth-order valence-electron chi connectivity index (χ4n) is 3.07. The van der Waals surface area contributed by atoms with Crippen molar-refractivity contribution in [2.24, 2.45) is 0 Å². The van der Waals surface area contributed by atoms with Gasteiger partial charge in [0.15, 0.2) is 6.29 Å². The van der Waals surface area contributed by atoms with Gasteiger partial charge in [0.2, 0.25) is 0 Å². The topological polar surface area (TPSA) is 38.7 Å². The summed E-state index contributed by atoms with van der Waals surface area (Å²) >= 11 is 0. The number of hydrogen-bond donors (Lipinski definition) is 1. The van der Waals surface area contributed by atoms with Crippen molar-refractivity contribution in [3.8, 4) is 0 Å². The lowest BCUT2D eigenvalue weighted by Gasteiger charge is -2.22. The van der Waals surface area contributed by atoms with Gasteiger partial charge in [-0.2, -0.15) is 0 Å². The maximum atomic E-state index is 10.0. The average Bonchev–Trinajstić information content (AvgIpc) is 2.72. The van der Waals surface area contributed by atoms with Crippen LogP contribution in [0, 0.1) is 0 Å². The first-order chi connectivity index (χ1) is 13.8. The molecule has 1 N–H and O–H groups in total. The van der Waals surface area contributed by atoms with Crippen LogP contribution in [0.1, 0.15) is 84.0 Å². The number of ether oxygens (including phenoxy) is 2. The molecule has 28 heavy (non-hydrogen) atoms. The van der Waals surface area contributed by atoms with E-state index in [0.717, 1.165) is 83.8 Å². The molecule has 160 valence electrons. The minimum Gasteiger partial charge on any atom is -0.393 e. The molecule has 2 unspecified atom stereocenters. The van der Waals surface area contributed by atoms with Crippen LogP contribution in [-0.4, -0.2) is 30.7 Å². The van der Waals surface area contributed by atoms with Crippen LogP contribution in [0.2, 0.25) is 0 Å². The predicted molar refractivity (Wildman–Crippen MR) is 119 cm³/mol. The zero-order chi connectivity index (χ0) is 20.1. The van der Waals surface area contributed by atoms with Crippen LogP contribution < -0.4 is 0 Å². The first kappa shape index (κ1) is 24.9. The van der Waals surface area contributed by atoms with Gasteiger partial charge in [0, 0.05) is 13.2 Å². The van der Waals surface area contributed by atoms with Gasteiger partial charge in [-0.1, -0.05) is 68.4 Å². The third-order valence-corrected chi connectivity index (χ3v) is 4.75. The van der Waals surface area contributed by atoms with Gasteiger partial charge in [-0.3, -0.25) is 0 Å². The molecule has 0 aliphatic carbocycles. The summed E-state index contributed by atoms with van der Waals surface area (Å²) in [7, 11) is 0. The van der Waals surface area contributed by atoms with Crippen molar-refractivity contribution >= 4 is 0 Å². The minimum absolute atomic E-state index is 0.0255. The Morgan fingerprint density at radius 3 is 2.21 bits per heavy atom. The molecule has 0 aromatic carbocycles. The van der Waals surface area contributed by atoms with Crippen LogP contribution >= 0.6 is 0 Å². The number of allylic oxidation sites excluding steroid dienone is 7. The zero-order valence-corrected chi connectivity index (χ0v) is 17.9. The average molecular weight is 391 g/mol. The number of unbranched alkanes of at least 4 members (excludes halogenated alkanes) is 2. The molecule has 1 fully saturated rings. The largest absolute Gasteiger partial charge is 0.393 e. The molecule has 1 aliphatic rings. The molecular formula is C25H42O3. The molecule has 0 bridgehead atoms. The van der Waals surface area contributed by atoms with E-state index < -0.39 is 0 Å². The van der Waals surface area contributed by atoms with Crippen molar-refractivity contribution in [1.82, 2.24) is 0 Å². The Hall–Kier alpha value is -1.16. The van der Waals surface area contributed by atoms with Gasteiger partial charge < -0.3 is 14.6 Å². The second kappa shape index (κ2) is 19.2.